The van der Waals surface area contributed by atoms with Gasteiger partial charge in [0.2, 0.25) is 0 Å². The maximum absolute atomic E-state index is 2.80. The first kappa shape index (κ1) is 78.6. The number of para-hydroxylation sites is 18. The van der Waals surface area contributed by atoms with Gasteiger partial charge in [0, 0.05) is 166 Å². The molecule has 0 fully saturated rings. The highest BCUT2D eigenvalue weighted by atomic mass is 15.2. The van der Waals surface area contributed by atoms with Gasteiger partial charge >= 0.3 is 0 Å². The standard InChI is InChI=1S/C130H87BN8/c1-130(2,3)82-78-121-123-122(79-82)139(129-107(103-60-34-56-99-95-52-22-30-72-117(95)136(126(99)103)85-42-12-6-13-43-85)64-37-65-108(129)104-61-35-57-100-96-53-23-31-73-118(96)137(127(100)104)86-44-14-7-15-45-86)120-81-88(133-113-68-26-18-48-91(113)92-49-19-27-69-114(92)133)75-77-110(120)131(123)109-76-74-87(132-111-66-24-16-46-89(111)90-47-17-25-67-112(90)132)80-119(109)138(121)128-105(101-58-32-54-97-93-50-20-28-70-115(93)134(124(97)101)83-38-8-4-9-39-83)62-36-63-106(128)102-59-33-55-98-94-51-21-29-71-116(94)135(125(98)102)84-40-10-5-11-41-84/h4-81H,1-3H3. The fourth-order valence-corrected chi connectivity index (χ4v) is 24.3. The summed E-state index contributed by atoms with van der Waals surface area (Å²) in [7, 11) is 0. The molecule has 650 valence electrons. The average Bonchev–Trinajstić information content (AvgIpc) is 1.47. The Labute approximate surface area is 803 Å². The largest absolute Gasteiger partial charge is 0.310 e. The van der Waals surface area contributed by atoms with Gasteiger partial charge in [-0.25, -0.2) is 0 Å². The Kier molecular flexibility index (Phi) is 17.1. The summed E-state index contributed by atoms with van der Waals surface area (Å²) in [6.07, 6.45) is 0. The smallest absolute Gasteiger partial charge is 0.252 e. The summed E-state index contributed by atoms with van der Waals surface area (Å²) in [4.78, 5) is 5.59. The number of rotatable bonds is 12. The van der Waals surface area contributed by atoms with E-state index in [2.05, 4.69) is 531 Å². The number of hydrogen-bond donors (Lipinski definition) is 0. The molecule has 2 aliphatic heterocycles. The fourth-order valence-electron chi connectivity index (χ4n) is 24.3. The Morgan fingerprint density at radius 3 is 0.647 bits per heavy atom. The average molecular weight is 1770 g/mol. The zero-order chi connectivity index (χ0) is 91.6. The van der Waals surface area contributed by atoms with E-state index in [0.29, 0.717) is 0 Å². The van der Waals surface area contributed by atoms with Gasteiger partial charge in [-0.2, -0.15) is 0 Å². The molecule has 27 aromatic rings. The molecule has 6 aromatic heterocycles. The Hall–Kier alpha value is -17.9. The van der Waals surface area contributed by atoms with Crippen LogP contribution in [0.25, 0.3) is 209 Å². The van der Waals surface area contributed by atoms with Gasteiger partial charge in [-0.15, -0.1) is 0 Å². The quantitative estimate of drug-likeness (QED) is 0.114. The van der Waals surface area contributed by atoms with Gasteiger partial charge in [-0.05, 0) is 161 Å². The van der Waals surface area contributed by atoms with Crippen LogP contribution >= 0.6 is 0 Å². The maximum Gasteiger partial charge on any atom is 0.252 e. The lowest BCUT2D eigenvalue weighted by Gasteiger charge is -2.46. The summed E-state index contributed by atoms with van der Waals surface area (Å²) in [6.45, 7) is 6.89. The third kappa shape index (κ3) is 11.5. The van der Waals surface area contributed by atoms with E-state index in [4.69, 9.17) is 0 Å². The Bertz CT molecular complexity index is 8840. The second-order valence-electron chi connectivity index (χ2n) is 38.5. The summed E-state index contributed by atoms with van der Waals surface area (Å²) in [5.74, 6) is 0. The lowest BCUT2D eigenvalue weighted by atomic mass is 9.33. The van der Waals surface area contributed by atoms with Gasteiger partial charge < -0.3 is 37.2 Å². The maximum atomic E-state index is 2.80. The Morgan fingerprint density at radius 1 is 0.173 bits per heavy atom. The minimum absolute atomic E-state index is 0.400. The zero-order valence-corrected chi connectivity index (χ0v) is 76.7. The molecule has 0 bridgehead atoms. The molecule has 0 unspecified atom stereocenters. The van der Waals surface area contributed by atoms with E-state index in [9.17, 15) is 0 Å². The monoisotopic (exact) mass is 1770 g/mol. The van der Waals surface area contributed by atoms with Crippen LogP contribution in [0.3, 0.4) is 0 Å². The zero-order valence-electron chi connectivity index (χ0n) is 76.7. The van der Waals surface area contributed by atoms with E-state index in [-0.39, 0.29) is 0 Å². The van der Waals surface area contributed by atoms with Crippen LogP contribution in [0.1, 0.15) is 26.3 Å². The van der Waals surface area contributed by atoms with Crippen molar-refractivity contribution in [2.75, 3.05) is 9.80 Å². The van der Waals surface area contributed by atoms with Crippen molar-refractivity contribution in [1.82, 2.24) is 27.4 Å². The Balaban J connectivity index is 0.821. The van der Waals surface area contributed by atoms with Crippen molar-refractivity contribution in [3.05, 3.63) is 479 Å². The van der Waals surface area contributed by atoms with Crippen LogP contribution in [0, 0.1) is 0 Å². The number of hydrogen-bond acceptors (Lipinski definition) is 2. The van der Waals surface area contributed by atoms with Crippen LogP contribution in [-0.4, -0.2) is 34.1 Å². The lowest BCUT2D eigenvalue weighted by molar-refractivity contribution is 0.590. The first-order chi connectivity index (χ1) is 68.7. The summed E-state index contributed by atoms with van der Waals surface area (Å²) < 4.78 is 15.2. The molecule has 9 heteroatoms. The van der Waals surface area contributed by atoms with Crippen molar-refractivity contribution in [3.63, 3.8) is 0 Å². The molecule has 2 aliphatic rings. The molecular formula is C130H87BN8. The van der Waals surface area contributed by atoms with Gasteiger partial charge in [0.05, 0.1) is 77.6 Å². The van der Waals surface area contributed by atoms with Crippen LogP contribution in [0.2, 0.25) is 0 Å². The first-order valence-corrected chi connectivity index (χ1v) is 48.3. The SMILES string of the molecule is CC(C)(C)c1cc2c3c(c1)N(c1c(-c4cccc5c6ccccc6n(-c6ccccc6)c45)cccc1-c1cccc4c5ccccc5n(-c5ccccc5)c14)c1cc(-n4c5ccccc5c5ccccc54)ccc1B3c1ccc(-n3c4ccccc4c4ccccc43)cc1N2c1c(-c2cccc3c4ccccc4n(-c4ccccc4)c23)cccc1-c1cccc2c3ccccc3n(-c3ccccc3)c12. The molecule has 0 atom stereocenters. The predicted molar refractivity (Wildman–Crippen MR) is 587 cm³/mol. The molecule has 0 saturated carbocycles. The topological polar surface area (TPSA) is 36.1 Å². The van der Waals surface area contributed by atoms with Crippen molar-refractivity contribution in [3.8, 4) is 78.6 Å². The van der Waals surface area contributed by atoms with Crippen LogP contribution in [-0.2, 0) is 5.41 Å². The summed E-state index contributed by atoms with van der Waals surface area (Å²) >= 11 is 0. The molecule has 0 spiro atoms. The van der Waals surface area contributed by atoms with E-state index < -0.39 is 12.1 Å². The van der Waals surface area contributed by atoms with Gasteiger partial charge in [-0.1, -0.05) is 360 Å². The van der Waals surface area contributed by atoms with Crippen LogP contribution in [0.15, 0.2) is 473 Å². The molecule has 8 heterocycles. The third-order valence-electron chi connectivity index (χ3n) is 30.1. The van der Waals surface area contributed by atoms with Crippen molar-refractivity contribution >= 4 is 188 Å². The minimum Gasteiger partial charge on any atom is -0.310 e. The van der Waals surface area contributed by atoms with Crippen molar-refractivity contribution in [2.45, 2.75) is 26.2 Å². The molecule has 0 N–H and O–H groups in total. The molecule has 0 saturated heterocycles. The second kappa shape index (κ2) is 30.3. The lowest BCUT2D eigenvalue weighted by Crippen LogP contribution is -2.61. The van der Waals surface area contributed by atoms with E-state index >= 15 is 0 Å². The minimum atomic E-state index is -0.492. The number of nitrogens with zero attached hydrogens (tertiary/aromatic N) is 8. The van der Waals surface area contributed by atoms with E-state index in [1.807, 2.05) is 0 Å². The van der Waals surface area contributed by atoms with Crippen molar-refractivity contribution < 1.29 is 0 Å². The number of fused-ring (bicyclic) bond motifs is 22. The normalized spacial score (nSPS) is 12.7. The summed E-state index contributed by atoms with van der Waals surface area (Å²) in [6, 6.07) is 179. The molecule has 0 aliphatic carbocycles. The van der Waals surface area contributed by atoms with E-state index in [1.54, 1.807) is 0 Å². The fraction of sp³-hybridized carbons (Fsp3) is 0.0308. The third-order valence-corrected chi connectivity index (χ3v) is 30.1. The summed E-state index contributed by atoms with van der Waals surface area (Å²) in [5.41, 5.74) is 39.3. The highest BCUT2D eigenvalue weighted by Crippen LogP contribution is 2.58. The Morgan fingerprint density at radius 2 is 0.388 bits per heavy atom. The molecule has 29 rings (SSSR count). The van der Waals surface area contributed by atoms with Crippen LogP contribution < -0.4 is 26.2 Å². The number of anilines is 6. The van der Waals surface area contributed by atoms with Crippen LogP contribution in [0.5, 0.6) is 0 Å². The molecule has 21 aromatic carbocycles. The van der Waals surface area contributed by atoms with E-state index in [1.165, 1.54) is 86.6 Å². The van der Waals surface area contributed by atoms with Crippen molar-refractivity contribution in [2.24, 2.45) is 0 Å². The highest BCUT2D eigenvalue weighted by Gasteiger charge is 2.47. The van der Waals surface area contributed by atoms with Crippen LogP contribution in [0.4, 0.5) is 34.1 Å². The molecule has 0 amide bonds. The molecule has 0 radical (unpaired) electrons. The summed E-state index contributed by atoms with van der Waals surface area (Å²) in [5, 5.41) is 14.2. The number of aromatic nitrogens is 6. The van der Waals surface area contributed by atoms with E-state index in [0.717, 1.165) is 179 Å². The van der Waals surface area contributed by atoms with Gasteiger partial charge in [0.1, 0.15) is 0 Å². The number of benzene rings is 21. The highest BCUT2D eigenvalue weighted by molar-refractivity contribution is 7.00. The van der Waals surface area contributed by atoms with Gasteiger partial charge in [-0.3, -0.25) is 0 Å². The van der Waals surface area contributed by atoms with Gasteiger partial charge in [0.25, 0.3) is 6.71 Å². The molecular weight excluding hydrogens is 1680 g/mol. The van der Waals surface area contributed by atoms with Crippen molar-refractivity contribution in [1.29, 1.82) is 0 Å². The first-order valence-electron chi connectivity index (χ1n) is 48.3. The molecule has 8 nitrogen and oxygen atoms in total. The van der Waals surface area contributed by atoms with Gasteiger partial charge in [0.15, 0.2) is 0 Å². The second-order valence-corrected chi connectivity index (χ2v) is 38.5. The molecule has 139 heavy (non-hydrogen) atoms. The predicted octanol–water partition coefficient (Wildman–Crippen LogP) is 32.3.